The minimum Gasteiger partial charge on any atom is -0.508 e. The van der Waals surface area contributed by atoms with Crippen LogP contribution in [0.4, 0.5) is 18.0 Å². The maximum Gasteiger partial charge on any atom is 0.573 e. The summed E-state index contributed by atoms with van der Waals surface area (Å²) in [7, 11) is 0. The number of hydrogen-bond acceptors (Lipinski definition) is 5. The summed E-state index contributed by atoms with van der Waals surface area (Å²) in [5, 5.41) is 13.8. The van der Waals surface area contributed by atoms with Crippen LogP contribution in [0.5, 0.6) is 11.5 Å². The number of likely N-dealkylation sites (tertiary alicyclic amines) is 1. The molecular weight excluding hydrogens is 403 g/mol. The van der Waals surface area contributed by atoms with Crippen LogP contribution >= 0.6 is 0 Å². The van der Waals surface area contributed by atoms with Crippen molar-refractivity contribution in [3.05, 3.63) is 30.6 Å². The van der Waals surface area contributed by atoms with Gasteiger partial charge >= 0.3 is 12.5 Å². The summed E-state index contributed by atoms with van der Waals surface area (Å²) in [5.41, 5.74) is 0.0388. The molecule has 10 heteroatoms. The van der Waals surface area contributed by atoms with E-state index in [1.165, 1.54) is 18.3 Å². The van der Waals surface area contributed by atoms with Crippen molar-refractivity contribution in [2.24, 2.45) is 0 Å². The first-order valence-electron chi connectivity index (χ1n) is 9.52. The Kier molecular flexibility index (Phi) is 5.87. The van der Waals surface area contributed by atoms with Crippen LogP contribution in [0.15, 0.2) is 30.6 Å². The van der Waals surface area contributed by atoms with Gasteiger partial charge in [0.15, 0.2) is 0 Å². The minimum atomic E-state index is -4.88. The van der Waals surface area contributed by atoms with Gasteiger partial charge < -0.3 is 19.5 Å². The number of carbonyl (C=O) groups is 1. The van der Waals surface area contributed by atoms with E-state index in [-0.39, 0.29) is 23.4 Å². The van der Waals surface area contributed by atoms with Gasteiger partial charge in [0.05, 0.1) is 12.2 Å². The Morgan fingerprint density at radius 1 is 1.20 bits per heavy atom. The number of aromatic nitrogens is 2. The zero-order chi connectivity index (χ0) is 22.1. The predicted octanol–water partition coefficient (Wildman–Crippen LogP) is 4.73. The Labute approximate surface area is 172 Å². The maximum absolute atomic E-state index is 12.7. The van der Waals surface area contributed by atoms with Crippen LogP contribution in [0.2, 0.25) is 0 Å². The molecule has 0 bridgehead atoms. The lowest BCUT2D eigenvalue weighted by Gasteiger charge is -2.33. The summed E-state index contributed by atoms with van der Waals surface area (Å²) in [4.78, 5) is 13.8. The van der Waals surface area contributed by atoms with Gasteiger partial charge in [-0.3, -0.25) is 4.68 Å². The maximum atomic E-state index is 12.7. The predicted molar refractivity (Wildman–Crippen MR) is 102 cm³/mol. The molecule has 0 saturated carbocycles. The van der Waals surface area contributed by atoms with Gasteiger partial charge in [-0.25, -0.2) is 4.79 Å². The molecule has 0 spiro atoms. The number of halogens is 3. The molecular formula is C20H24F3N3O4. The summed E-state index contributed by atoms with van der Waals surface area (Å²) in [6.45, 7) is 6.42. The zero-order valence-corrected chi connectivity index (χ0v) is 16.9. The number of phenolic OH excluding ortho intramolecular Hbond substituents is 1. The zero-order valence-electron chi connectivity index (χ0n) is 16.9. The summed E-state index contributed by atoms with van der Waals surface area (Å²) in [6, 6.07) is 3.55. The van der Waals surface area contributed by atoms with E-state index in [0.29, 0.717) is 31.5 Å². The highest BCUT2D eigenvalue weighted by Gasteiger charge is 2.33. The van der Waals surface area contributed by atoms with Gasteiger partial charge in [0.2, 0.25) is 0 Å². The molecule has 1 aromatic heterocycles. The molecule has 0 radical (unpaired) electrons. The number of ether oxygens (including phenoxy) is 2. The monoisotopic (exact) mass is 427 g/mol. The molecule has 2 heterocycles. The third-order valence-electron chi connectivity index (χ3n) is 4.59. The van der Waals surface area contributed by atoms with Crippen LogP contribution in [0.25, 0.3) is 11.1 Å². The fraction of sp³-hybridized carbons (Fsp3) is 0.500. The highest BCUT2D eigenvalue weighted by Crippen LogP contribution is 2.37. The summed E-state index contributed by atoms with van der Waals surface area (Å²) >= 11 is 0. The van der Waals surface area contributed by atoms with Gasteiger partial charge in [0, 0.05) is 36.5 Å². The number of aromatic hydroxyl groups is 1. The molecule has 2 aromatic rings. The molecule has 3 rings (SSSR count). The van der Waals surface area contributed by atoms with E-state index in [2.05, 4.69) is 9.84 Å². The van der Waals surface area contributed by atoms with Crippen molar-refractivity contribution in [2.45, 2.75) is 51.6 Å². The van der Waals surface area contributed by atoms with E-state index in [4.69, 9.17) is 4.74 Å². The molecule has 1 aromatic carbocycles. The first kappa shape index (κ1) is 21.8. The number of benzene rings is 1. The molecule has 1 N–H and O–H groups in total. The van der Waals surface area contributed by atoms with Crippen molar-refractivity contribution >= 4 is 6.09 Å². The molecule has 0 atom stereocenters. The van der Waals surface area contributed by atoms with E-state index < -0.39 is 17.7 Å². The molecule has 30 heavy (non-hydrogen) atoms. The first-order valence-corrected chi connectivity index (χ1v) is 9.52. The second-order valence-corrected chi connectivity index (χ2v) is 8.14. The number of piperidine rings is 1. The minimum absolute atomic E-state index is 0.00142. The summed E-state index contributed by atoms with van der Waals surface area (Å²) in [6.07, 6.45) is -0.865. The highest BCUT2D eigenvalue weighted by molar-refractivity contribution is 5.70. The van der Waals surface area contributed by atoms with Crippen molar-refractivity contribution in [2.75, 3.05) is 13.1 Å². The Balaban J connectivity index is 1.70. The van der Waals surface area contributed by atoms with E-state index >= 15 is 0 Å². The number of rotatable bonds is 3. The Bertz CT molecular complexity index is 897. The van der Waals surface area contributed by atoms with Crippen LogP contribution in [0.1, 0.15) is 39.7 Å². The number of amides is 1. The lowest BCUT2D eigenvalue weighted by atomic mass is 10.1. The van der Waals surface area contributed by atoms with Crippen molar-refractivity contribution in [1.82, 2.24) is 14.7 Å². The van der Waals surface area contributed by atoms with E-state index in [9.17, 15) is 23.1 Å². The summed E-state index contributed by atoms with van der Waals surface area (Å²) < 4.78 is 49.2. The van der Waals surface area contributed by atoms with E-state index in [1.807, 2.05) is 20.8 Å². The van der Waals surface area contributed by atoms with Crippen LogP contribution in [0.3, 0.4) is 0 Å². The number of nitrogens with zero attached hydrogens (tertiary/aromatic N) is 3. The van der Waals surface area contributed by atoms with Crippen molar-refractivity contribution in [3.63, 3.8) is 0 Å². The second kappa shape index (κ2) is 8.08. The third-order valence-corrected chi connectivity index (χ3v) is 4.59. The third kappa shape index (κ3) is 5.58. The van der Waals surface area contributed by atoms with Gasteiger partial charge in [0.1, 0.15) is 17.1 Å². The smallest absolute Gasteiger partial charge is 0.508 e. The second-order valence-electron chi connectivity index (χ2n) is 8.14. The van der Waals surface area contributed by atoms with Gasteiger partial charge in [-0.15, -0.1) is 13.2 Å². The van der Waals surface area contributed by atoms with Gasteiger partial charge in [-0.1, -0.05) is 0 Å². The molecule has 1 amide bonds. The van der Waals surface area contributed by atoms with Gasteiger partial charge in [-0.05, 0) is 45.7 Å². The molecule has 1 fully saturated rings. The van der Waals surface area contributed by atoms with E-state index in [1.54, 1.807) is 15.8 Å². The van der Waals surface area contributed by atoms with Crippen LogP contribution < -0.4 is 4.74 Å². The SMILES string of the molecule is CC(C)(C)OC(=O)N1CCC(n2cc(-c3ccc(O)cc3OC(F)(F)F)cn2)CC1. The number of carbonyl (C=O) groups excluding carboxylic acids is 1. The quantitative estimate of drug-likeness (QED) is 0.767. The normalized spacial score (nSPS) is 15.9. The highest BCUT2D eigenvalue weighted by atomic mass is 19.4. The Morgan fingerprint density at radius 3 is 2.47 bits per heavy atom. The molecule has 7 nitrogen and oxygen atoms in total. The van der Waals surface area contributed by atoms with E-state index in [0.717, 1.165) is 6.07 Å². The molecule has 1 saturated heterocycles. The molecule has 0 unspecified atom stereocenters. The lowest BCUT2D eigenvalue weighted by molar-refractivity contribution is -0.274. The summed E-state index contributed by atoms with van der Waals surface area (Å²) in [5.74, 6) is -0.832. The van der Waals surface area contributed by atoms with Crippen molar-refractivity contribution in [3.8, 4) is 22.6 Å². The average molecular weight is 427 g/mol. The van der Waals surface area contributed by atoms with Crippen LogP contribution in [0, 0.1) is 0 Å². The fourth-order valence-corrected chi connectivity index (χ4v) is 3.27. The Morgan fingerprint density at radius 2 is 1.87 bits per heavy atom. The standard InChI is InChI=1S/C20H24F3N3O4/c1-19(2,3)30-18(28)25-8-6-14(7-9-25)26-12-13(11-24-26)16-5-4-15(27)10-17(16)29-20(21,22)23/h4-5,10-12,14,27H,6-9H2,1-3H3. The fourth-order valence-electron chi connectivity index (χ4n) is 3.27. The lowest BCUT2D eigenvalue weighted by Crippen LogP contribution is -2.42. The van der Waals surface area contributed by atoms with Crippen LogP contribution in [-0.4, -0.2) is 50.9 Å². The van der Waals surface area contributed by atoms with Crippen LogP contribution in [-0.2, 0) is 4.74 Å². The number of phenols is 1. The largest absolute Gasteiger partial charge is 0.573 e. The number of hydrogen-bond donors (Lipinski definition) is 1. The topological polar surface area (TPSA) is 76.8 Å². The number of alkyl halides is 3. The molecule has 0 aliphatic carbocycles. The molecule has 164 valence electrons. The van der Waals surface area contributed by atoms with Crippen molar-refractivity contribution < 1.29 is 32.5 Å². The molecule has 1 aliphatic heterocycles. The molecule has 1 aliphatic rings. The Hall–Kier alpha value is -2.91. The van der Waals surface area contributed by atoms with Crippen molar-refractivity contribution in [1.29, 1.82) is 0 Å². The first-order chi connectivity index (χ1) is 13.9. The van der Waals surface area contributed by atoms with Gasteiger partial charge in [0.25, 0.3) is 0 Å². The van der Waals surface area contributed by atoms with Gasteiger partial charge in [-0.2, -0.15) is 5.10 Å². The average Bonchev–Trinajstić information content (AvgIpc) is 3.09.